The minimum absolute atomic E-state index is 0.111. The summed E-state index contributed by atoms with van der Waals surface area (Å²) in [7, 11) is 0. The lowest BCUT2D eigenvalue weighted by atomic mass is 10.2. The highest BCUT2D eigenvalue weighted by Gasteiger charge is 2.26. The van der Waals surface area contributed by atoms with Crippen LogP contribution in [0.5, 0.6) is 0 Å². The molecule has 7 nitrogen and oxygen atoms in total. The molecule has 1 saturated heterocycles. The van der Waals surface area contributed by atoms with E-state index in [0.717, 1.165) is 4.88 Å². The summed E-state index contributed by atoms with van der Waals surface area (Å²) in [6, 6.07) is 9.20. The van der Waals surface area contributed by atoms with Gasteiger partial charge in [0.1, 0.15) is 5.69 Å². The van der Waals surface area contributed by atoms with Crippen molar-refractivity contribution in [3.05, 3.63) is 52.5 Å². The van der Waals surface area contributed by atoms with Crippen LogP contribution in [0, 0.1) is 0 Å². The molecule has 8 heteroatoms. The number of hydrogen-bond acceptors (Lipinski definition) is 5. The number of thiophene rings is 1. The molecule has 134 valence electrons. The molecule has 4 heterocycles. The highest BCUT2D eigenvalue weighted by molar-refractivity contribution is 7.10. The predicted molar refractivity (Wildman–Crippen MR) is 96.8 cm³/mol. The van der Waals surface area contributed by atoms with Crippen molar-refractivity contribution in [3.8, 4) is 11.5 Å². The summed E-state index contributed by atoms with van der Waals surface area (Å²) in [5, 5.41) is 8.89. The largest absolute Gasteiger partial charge is 0.463 e. The fraction of sp³-hybridized carbons (Fsp3) is 0.278. The molecule has 3 aromatic heterocycles. The van der Waals surface area contributed by atoms with Crippen molar-refractivity contribution < 1.29 is 14.0 Å². The Bertz CT molecular complexity index is 878. The molecule has 0 bridgehead atoms. The second-order valence-electron chi connectivity index (χ2n) is 6.07. The van der Waals surface area contributed by atoms with E-state index in [1.54, 1.807) is 40.7 Å². The fourth-order valence-corrected chi connectivity index (χ4v) is 3.68. The van der Waals surface area contributed by atoms with Gasteiger partial charge in [-0.05, 0) is 23.6 Å². The van der Waals surface area contributed by atoms with Crippen molar-refractivity contribution in [2.24, 2.45) is 0 Å². The molecule has 0 unspecified atom stereocenters. The third-order valence-electron chi connectivity index (χ3n) is 4.41. The van der Waals surface area contributed by atoms with Gasteiger partial charge in [-0.15, -0.1) is 11.3 Å². The average molecular weight is 370 g/mol. The molecule has 3 aromatic rings. The van der Waals surface area contributed by atoms with Crippen molar-refractivity contribution >= 4 is 23.2 Å². The summed E-state index contributed by atoms with van der Waals surface area (Å²) < 4.78 is 5.30. The summed E-state index contributed by atoms with van der Waals surface area (Å²) in [6.07, 6.45) is 2.00. The molecule has 26 heavy (non-hydrogen) atoms. The average Bonchev–Trinajstić information content (AvgIpc) is 3.42. The standard InChI is InChI=1S/C18H18N4O3S/c23-17(11-13-3-2-10-26-13)21-5-7-22(8-6-21)18(24)15-12-14(19-20-15)16-4-1-9-25-16/h1-4,9-10,12H,5-8,11H2,(H,19,20). The predicted octanol–water partition coefficient (Wildman–Crippen LogP) is 2.26. The topological polar surface area (TPSA) is 82.4 Å². The van der Waals surface area contributed by atoms with Gasteiger partial charge in [0.2, 0.25) is 5.91 Å². The van der Waals surface area contributed by atoms with Crippen LogP contribution < -0.4 is 0 Å². The van der Waals surface area contributed by atoms with Gasteiger partial charge in [-0.25, -0.2) is 0 Å². The number of aromatic amines is 1. The van der Waals surface area contributed by atoms with Gasteiger partial charge in [-0.3, -0.25) is 14.7 Å². The Balaban J connectivity index is 1.34. The van der Waals surface area contributed by atoms with Crippen molar-refractivity contribution in [1.29, 1.82) is 0 Å². The molecule has 0 aromatic carbocycles. The number of carbonyl (C=O) groups excluding carboxylic acids is 2. The van der Waals surface area contributed by atoms with E-state index in [-0.39, 0.29) is 11.8 Å². The van der Waals surface area contributed by atoms with E-state index in [4.69, 9.17) is 4.42 Å². The lowest BCUT2D eigenvalue weighted by Crippen LogP contribution is -2.51. The molecular formula is C18H18N4O3S. The molecule has 1 aliphatic heterocycles. The van der Waals surface area contributed by atoms with Crippen LogP contribution in [0.3, 0.4) is 0 Å². The quantitative estimate of drug-likeness (QED) is 0.764. The van der Waals surface area contributed by atoms with Crippen LogP contribution in [-0.2, 0) is 11.2 Å². The Morgan fingerprint density at radius 1 is 1.15 bits per heavy atom. The summed E-state index contributed by atoms with van der Waals surface area (Å²) in [5.74, 6) is 0.615. The number of rotatable bonds is 4. The van der Waals surface area contributed by atoms with Gasteiger partial charge >= 0.3 is 0 Å². The molecule has 0 aliphatic carbocycles. The lowest BCUT2D eigenvalue weighted by Gasteiger charge is -2.34. The first-order valence-electron chi connectivity index (χ1n) is 8.39. The molecule has 0 atom stereocenters. The first kappa shape index (κ1) is 16.6. The number of H-pyrrole nitrogens is 1. The zero-order valence-electron chi connectivity index (χ0n) is 14.1. The maximum atomic E-state index is 12.6. The normalized spacial score (nSPS) is 14.6. The van der Waals surface area contributed by atoms with Crippen molar-refractivity contribution in [1.82, 2.24) is 20.0 Å². The van der Waals surface area contributed by atoms with Gasteiger partial charge in [0.05, 0.1) is 12.7 Å². The highest BCUT2D eigenvalue weighted by atomic mass is 32.1. The third-order valence-corrected chi connectivity index (χ3v) is 5.29. The molecule has 0 radical (unpaired) electrons. The minimum atomic E-state index is -0.135. The van der Waals surface area contributed by atoms with Crippen LogP contribution in [0.15, 0.2) is 46.4 Å². The number of nitrogens with one attached hydrogen (secondary N) is 1. The highest BCUT2D eigenvalue weighted by Crippen LogP contribution is 2.19. The molecule has 1 aliphatic rings. The van der Waals surface area contributed by atoms with E-state index in [0.29, 0.717) is 49.7 Å². The van der Waals surface area contributed by atoms with E-state index < -0.39 is 0 Å². The summed E-state index contributed by atoms with van der Waals surface area (Å²) in [4.78, 5) is 29.6. The number of aromatic nitrogens is 2. The van der Waals surface area contributed by atoms with E-state index >= 15 is 0 Å². The smallest absolute Gasteiger partial charge is 0.274 e. The van der Waals surface area contributed by atoms with Crippen LogP contribution in [0.1, 0.15) is 15.4 Å². The van der Waals surface area contributed by atoms with Crippen molar-refractivity contribution in [3.63, 3.8) is 0 Å². The van der Waals surface area contributed by atoms with Gasteiger partial charge in [-0.1, -0.05) is 6.07 Å². The Hall–Kier alpha value is -2.87. The molecule has 0 saturated carbocycles. The van der Waals surface area contributed by atoms with E-state index in [2.05, 4.69) is 10.2 Å². The monoisotopic (exact) mass is 370 g/mol. The fourth-order valence-electron chi connectivity index (χ4n) is 2.98. The van der Waals surface area contributed by atoms with E-state index in [9.17, 15) is 9.59 Å². The first-order valence-corrected chi connectivity index (χ1v) is 9.27. The lowest BCUT2D eigenvalue weighted by molar-refractivity contribution is -0.131. The molecule has 0 spiro atoms. The van der Waals surface area contributed by atoms with E-state index in [1.807, 2.05) is 22.4 Å². The molecule has 1 N–H and O–H groups in total. The number of carbonyl (C=O) groups is 2. The van der Waals surface area contributed by atoms with Crippen LogP contribution in [0.2, 0.25) is 0 Å². The zero-order valence-corrected chi connectivity index (χ0v) is 14.9. The summed E-state index contributed by atoms with van der Waals surface area (Å²) >= 11 is 1.59. The minimum Gasteiger partial charge on any atom is -0.463 e. The number of amides is 2. The van der Waals surface area contributed by atoms with Gasteiger partial charge in [0.25, 0.3) is 5.91 Å². The SMILES string of the molecule is O=C(Cc1cccs1)N1CCN(C(=O)c2cc(-c3ccco3)[nH]n2)CC1. The Morgan fingerprint density at radius 3 is 2.65 bits per heavy atom. The summed E-state index contributed by atoms with van der Waals surface area (Å²) in [5.41, 5.74) is 1.03. The van der Waals surface area contributed by atoms with Gasteiger partial charge in [0.15, 0.2) is 11.5 Å². The second kappa shape index (κ2) is 7.17. The van der Waals surface area contributed by atoms with Crippen LogP contribution in [0.25, 0.3) is 11.5 Å². The first-order chi connectivity index (χ1) is 12.7. The third kappa shape index (κ3) is 3.41. The van der Waals surface area contributed by atoms with Crippen molar-refractivity contribution in [2.75, 3.05) is 26.2 Å². The van der Waals surface area contributed by atoms with Crippen LogP contribution in [0.4, 0.5) is 0 Å². The van der Waals surface area contributed by atoms with Crippen LogP contribution in [-0.4, -0.2) is 58.0 Å². The van der Waals surface area contributed by atoms with Gasteiger partial charge < -0.3 is 14.2 Å². The summed E-state index contributed by atoms with van der Waals surface area (Å²) in [6.45, 7) is 2.12. The molecular weight excluding hydrogens is 352 g/mol. The molecule has 1 fully saturated rings. The maximum Gasteiger partial charge on any atom is 0.274 e. The molecule has 2 amide bonds. The zero-order chi connectivity index (χ0) is 17.9. The van der Waals surface area contributed by atoms with Gasteiger partial charge in [0, 0.05) is 37.1 Å². The Morgan fingerprint density at radius 2 is 1.96 bits per heavy atom. The number of furan rings is 1. The molecule has 4 rings (SSSR count). The Kier molecular flexibility index (Phi) is 4.57. The number of nitrogens with zero attached hydrogens (tertiary/aromatic N) is 3. The number of piperazine rings is 1. The van der Waals surface area contributed by atoms with E-state index in [1.165, 1.54) is 0 Å². The number of hydrogen-bond donors (Lipinski definition) is 1. The van der Waals surface area contributed by atoms with Crippen LogP contribution >= 0.6 is 11.3 Å². The maximum absolute atomic E-state index is 12.6. The Labute approximate surface area is 154 Å². The second-order valence-corrected chi connectivity index (χ2v) is 7.11. The van der Waals surface area contributed by atoms with Crippen molar-refractivity contribution in [2.45, 2.75) is 6.42 Å². The van der Waals surface area contributed by atoms with Gasteiger partial charge in [-0.2, -0.15) is 5.10 Å².